The van der Waals surface area contributed by atoms with Crippen molar-refractivity contribution in [3.8, 4) is 5.75 Å². The molecule has 4 heteroatoms. The summed E-state index contributed by atoms with van der Waals surface area (Å²) >= 11 is 0. The number of aromatic nitrogens is 1. The summed E-state index contributed by atoms with van der Waals surface area (Å²) in [7, 11) is 0. The first-order chi connectivity index (χ1) is 9.93. The van der Waals surface area contributed by atoms with E-state index in [4.69, 9.17) is 9.88 Å². The zero-order chi connectivity index (χ0) is 13.6. The highest BCUT2D eigenvalue weighted by atomic mass is 17.3. The van der Waals surface area contributed by atoms with Gasteiger partial charge in [-0.3, -0.25) is 0 Å². The SMILES string of the molecule is c1ccc(OONCCc2c[nH]c3ccccc23)cc1. The van der Waals surface area contributed by atoms with Crippen molar-refractivity contribution in [2.45, 2.75) is 6.42 Å². The second kappa shape index (κ2) is 6.23. The van der Waals surface area contributed by atoms with Gasteiger partial charge in [0.05, 0.1) is 0 Å². The predicted molar refractivity (Wildman–Crippen MR) is 78.2 cm³/mol. The van der Waals surface area contributed by atoms with E-state index in [2.05, 4.69) is 22.6 Å². The quantitative estimate of drug-likeness (QED) is 0.410. The van der Waals surface area contributed by atoms with E-state index in [-0.39, 0.29) is 0 Å². The van der Waals surface area contributed by atoms with Gasteiger partial charge in [-0.05, 0) is 30.2 Å². The Morgan fingerprint density at radius 2 is 1.75 bits per heavy atom. The van der Waals surface area contributed by atoms with Crippen LogP contribution in [0.1, 0.15) is 5.56 Å². The fourth-order valence-electron chi connectivity index (χ4n) is 2.12. The van der Waals surface area contributed by atoms with Crippen molar-refractivity contribution in [1.82, 2.24) is 10.5 Å². The van der Waals surface area contributed by atoms with Gasteiger partial charge in [0.2, 0.25) is 0 Å². The Hall–Kier alpha value is -2.30. The van der Waals surface area contributed by atoms with E-state index in [1.807, 2.05) is 48.7 Å². The summed E-state index contributed by atoms with van der Waals surface area (Å²) in [6.45, 7) is 0.675. The molecular formula is C16H16N2O2. The molecule has 102 valence electrons. The third kappa shape index (κ3) is 2.99. The smallest absolute Gasteiger partial charge is 0.167 e. The average molecular weight is 268 g/mol. The van der Waals surface area contributed by atoms with E-state index in [1.54, 1.807) is 0 Å². The summed E-state index contributed by atoms with van der Waals surface area (Å²) < 4.78 is 0. The molecule has 0 fully saturated rings. The Labute approximate surface area is 117 Å². The maximum atomic E-state index is 5.09. The van der Waals surface area contributed by atoms with Gasteiger partial charge in [-0.1, -0.05) is 41.4 Å². The van der Waals surface area contributed by atoms with Gasteiger partial charge in [0.15, 0.2) is 5.75 Å². The van der Waals surface area contributed by atoms with E-state index in [0.29, 0.717) is 12.3 Å². The van der Waals surface area contributed by atoms with Crippen LogP contribution in [0.25, 0.3) is 10.9 Å². The fraction of sp³-hybridized carbons (Fsp3) is 0.125. The van der Waals surface area contributed by atoms with Gasteiger partial charge in [0.25, 0.3) is 0 Å². The van der Waals surface area contributed by atoms with E-state index in [0.717, 1.165) is 11.9 Å². The maximum absolute atomic E-state index is 5.09. The molecule has 0 aliphatic rings. The van der Waals surface area contributed by atoms with Crippen LogP contribution in [-0.2, 0) is 11.4 Å². The van der Waals surface area contributed by atoms with E-state index in [9.17, 15) is 0 Å². The van der Waals surface area contributed by atoms with Crippen molar-refractivity contribution in [1.29, 1.82) is 0 Å². The second-order valence-electron chi connectivity index (χ2n) is 4.48. The van der Waals surface area contributed by atoms with Gasteiger partial charge in [-0.15, -0.1) is 0 Å². The normalized spacial score (nSPS) is 10.8. The first-order valence-electron chi connectivity index (χ1n) is 6.60. The Balaban J connectivity index is 1.46. The lowest BCUT2D eigenvalue weighted by Gasteiger charge is -2.05. The number of para-hydroxylation sites is 2. The van der Waals surface area contributed by atoms with Crippen molar-refractivity contribution < 1.29 is 9.88 Å². The van der Waals surface area contributed by atoms with Crippen molar-refractivity contribution >= 4 is 10.9 Å². The van der Waals surface area contributed by atoms with Crippen molar-refractivity contribution in [2.24, 2.45) is 0 Å². The number of nitrogens with one attached hydrogen (secondary N) is 2. The molecule has 0 aliphatic carbocycles. The third-order valence-electron chi connectivity index (χ3n) is 3.11. The van der Waals surface area contributed by atoms with Crippen LogP contribution in [0.2, 0.25) is 0 Å². The lowest BCUT2D eigenvalue weighted by Crippen LogP contribution is -2.19. The molecular weight excluding hydrogens is 252 g/mol. The Morgan fingerprint density at radius 3 is 2.65 bits per heavy atom. The molecule has 3 rings (SSSR count). The lowest BCUT2D eigenvalue weighted by molar-refractivity contribution is -0.257. The molecule has 0 amide bonds. The van der Waals surface area contributed by atoms with Gasteiger partial charge in [0.1, 0.15) is 0 Å². The first-order valence-corrected chi connectivity index (χ1v) is 6.60. The molecule has 0 atom stereocenters. The maximum Gasteiger partial charge on any atom is 0.167 e. The van der Waals surface area contributed by atoms with E-state index in [1.165, 1.54) is 10.9 Å². The van der Waals surface area contributed by atoms with Gasteiger partial charge in [0, 0.05) is 23.6 Å². The molecule has 0 bridgehead atoms. The standard InChI is InChI=1S/C16H16N2O2/c1-2-6-14(7-3-1)19-20-18-11-10-13-12-17-16-9-5-4-8-15(13)16/h1-9,12,17-18H,10-11H2. The number of hydrogen-bond acceptors (Lipinski definition) is 3. The summed E-state index contributed by atoms with van der Waals surface area (Å²) in [6, 6.07) is 17.6. The van der Waals surface area contributed by atoms with Crippen molar-refractivity contribution in [3.63, 3.8) is 0 Å². The molecule has 2 aromatic carbocycles. The summed E-state index contributed by atoms with van der Waals surface area (Å²) in [5.41, 5.74) is 5.22. The van der Waals surface area contributed by atoms with Crippen molar-refractivity contribution in [3.05, 3.63) is 66.4 Å². The zero-order valence-corrected chi connectivity index (χ0v) is 11.0. The van der Waals surface area contributed by atoms with Crippen LogP contribution in [0.15, 0.2) is 60.8 Å². The number of aromatic amines is 1. The molecule has 2 N–H and O–H groups in total. The van der Waals surface area contributed by atoms with Crippen LogP contribution in [0.5, 0.6) is 5.75 Å². The monoisotopic (exact) mass is 268 g/mol. The zero-order valence-electron chi connectivity index (χ0n) is 11.0. The molecule has 0 unspecified atom stereocenters. The van der Waals surface area contributed by atoms with Crippen molar-refractivity contribution in [2.75, 3.05) is 6.54 Å². The van der Waals surface area contributed by atoms with E-state index >= 15 is 0 Å². The minimum absolute atomic E-state index is 0.673. The molecule has 0 radical (unpaired) electrons. The van der Waals surface area contributed by atoms with Crippen LogP contribution < -0.4 is 10.4 Å². The van der Waals surface area contributed by atoms with Gasteiger partial charge < -0.3 is 9.87 Å². The molecule has 0 saturated carbocycles. The summed E-state index contributed by atoms with van der Waals surface area (Å²) in [5.74, 6) is 0.673. The second-order valence-corrected chi connectivity index (χ2v) is 4.48. The number of fused-ring (bicyclic) bond motifs is 1. The van der Waals surface area contributed by atoms with Crippen LogP contribution in [0.4, 0.5) is 0 Å². The Kier molecular flexibility index (Phi) is 3.96. The number of hydrogen-bond donors (Lipinski definition) is 2. The molecule has 1 aromatic heterocycles. The van der Waals surface area contributed by atoms with Crippen LogP contribution in [-0.4, -0.2) is 11.5 Å². The molecule has 3 aromatic rings. The first kappa shape index (κ1) is 12.7. The number of hydroxylamine groups is 1. The highest BCUT2D eigenvalue weighted by Crippen LogP contribution is 2.17. The topological polar surface area (TPSA) is 46.3 Å². The largest absolute Gasteiger partial charge is 0.361 e. The number of H-pyrrole nitrogens is 1. The summed E-state index contributed by atoms with van der Waals surface area (Å²) in [5, 5.41) is 1.25. The molecule has 4 nitrogen and oxygen atoms in total. The Morgan fingerprint density at radius 1 is 0.950 bits per heavy atom. The molecule has 20 heavy (non-hydrogen) atoms. The molecule has 0 aliphatic heterocycles. The summed E-state index contributed by atoms with van der Waals surface area (Å²) in [6.07, 6.45) is 2.90. The highest BCUT2D eigenvalue weighted by molar-refractivity contribution is 5.83. The lowest BCUT2D eigenvalue weighted by atomic mass is 10.1. The minimum Gasteiger partial charge on any atom is -0.361 e. The Bertz CT molecular complexity index is 664. The van der Waals surface area contributed by atoms with Gasteiger partial charge >= 0.3 is 0 Å². The predicted octanol–water partition coefficient (Wildman–Crippen LogP) is 3.23. The molecule has 0 saturated heterocycles. The number of benzene rings is 2. The van der Waals surface area contributed by atoms with Gasteiger partial charge in [-0.2, -0.15) is 5.48 Å². The minimum atomic E-state index is 0.673. The molecule has 0 spiro atoms. The average Bonchev–Trinajstić information content (AvgIpc) is 2.91. The van der Waals surface area contributed by atoms with E-state index < -0.39 is 0 Å². The van der Waals surface area contributed by atoms with Crippen LogP contribution in [0, 0.1) is 0 Å². The van der Waals surface area contributed by atoms with Gasteiger partial charge in [-0.25, -0.2) is 0 Å². The van der Waals surface area contributed by atoms with Crippen LogP contribution >= 0.6 is 0 Å². The number of rotatable bonds is 6. The third-order valence-corrected chi connectivity index (χ3v) is 3.11. The molecule has 1 heterocycles. The fourth-order valence-corrected chi connectivity index (χ4v) is 2.12. The van der Waals surface area contributed by atoms with Crippen LogP contribution in [0.3, 0.4) is 0 Å². The highest BCUT2D eigenvalue weighted by Gasteiger charge is 2.02. The summed E-state index contributed by atoms with van der Waals surface area (Å²) in [4.78, 5) is 13.3.